The van der Waals surface area contributed by atoms with Gasteiger partial charge in [0.05, 0.1) is 4.90 Å². The Bertz CT molecular complexity index is 543. The molecule has 1 heterocycles. The van der Waals surface area contributed by atoms with Gasteiger partial charge in [-0.05, 0) is 44.5 Å². The van der Waals surface area contributed by atoms with Gasteiger partial charge in [-0.1, -0.05) is 23.2 Å². The van der Waals surface area contributed by atoms with E-state index in [1.807, 2.05) is 6.92 Å². The van der Waals surface area contributed by atoms with Gasteiger partial charge in [-0.15, -0.1) is 0 Å². The average Bonchev–Trinajstić information content (AvgIpc) is 2.26. The second kappa shape index (κ2) is 5.97. The fourth-order valence-corrected chi connectivity index (χ4v) is 4.22. The van der Waals surface area contributed by atoms with E-state index in [9.17, 15) is 8.42 Å². The zero-order chi connectivity index (χ0) is 14.0. The zero-order valence-corrected chi connectivity index (χ0v) is 12.8. The van der Waals surface area contributed by atoms with Gasteiger partial charge in [0.15, 0.2) is 0 Å². The number of rotatable bonds is 3. The summed E-state index contributed by atoms with van der Waals surface area (Å²) in [5.41, 5.74) is 0. The Balaban J connectivity index is 2.17. The van der Waals surface area contributed by atoms with Gasteiger partial charge in [-0.2, -0.15) is 0 Å². The number of sulfonamides is 1. The van der Waals surface area contributed by atoms with Gasteiger partial charge in [-0.25, -0.2) is 13.1 Å². The quantitative estimate of drug-likeness (QED) is 0.898. The predicted octanol–water partition coefficient (Wildman–Crippen LogP) is 2.41. The monoisotopic (exact) mass is 322 g/mol. The van der Waals surface area contributed by atoms with Crippen molar-refractivity contribution in [3.05, 3.63) is 28.2 Å². The highest BCUT2D eigenvalue weighted by Crippen LogP contribution is 2.23. The molecule has 7 heteroatoms. The van der Waals surface area contributed by atoms with Crippen LogP contribution >= 0.6 is 23.2 Å². The number of hydrogen-bond acceptors (Lipinski definition) is 3. The maximum absolute atomic E-state index is 12.3. The van der Waals surface area contributed by atoms with Gasteiger partial charge in [-0.3, -0.25) is 0 Å². The van der Waals surface area contributed by atoms with Crippen molar-refractivity contribution in [2.45, 2.75) is 36.7 Å². The van der Waals surface area contributed by atoms with Crippen LogP contribution in [0.2, 0.25) is 10.0 Å². The summed E-state index contributed by atoms with van der Waals surface area (Å²) in [5.74, 6) is 0. The van der Waals surface area contributed by atoms with Crippen LogP contribution in [0.15, 0.2) is 23.1 Å². The van der Waals surface area contributed by atoms with Crippen LogP contribution in [0.1, 0.15) is 19.8 Å². The summed E-state index contributed by atoms with van der Waals surface area (Å²) < 4.78 is 27.2. The Labute approximate surface area is 123 Å². The Morgan fingerprint density at radius 1 is 1.26 bits per heavy atom. The number of hydrogen-bond donors (Lipinski definition) is 2. The van der Waals surface area contributed by atoms with Crippen LogP contribution in [0.4, 0.5) is 0 Å². The summed E-state index contributed by atoms with van der Waals surface area (Å²) in [6, 6.07) is 4.57. The van der Waals surface area contributed by atoms with E-state index in [4.69, 9.17) is 23.2 Å². The molecule has 0 saturated carbocycles. The molecule has 2 atom stereocenters. The van der Waals surface area contributed by atoms with Gasteiger partial charge >= 0.3 is 0 Å². The molecule has 1 aliphatic rings. The number of halogens is 2. The lowest BCUT2D eigenvalue weighted by atomic mass is 10.0. The molecule has 1 fully saturated rings. The molecule has 2 N–H and O–H groups in total. The summed E-state index contributed by atoms with van der Waals surface area (Å²) in [6.45, 7) is 2.85. The van der Waals surface area contributed by atoms with Crippen molar-refractivity contribution in [2.75, 3.05) is 6.54 Å². The first-order valence-electron chi connectivity index (χ1n) is 6.08. The van der Waals surface area contributed by atoms with Crippen molar-refractivity contribution in [3.63, 3.8) is 0 Å². The number of benzene rings is 1. The average molecular weight is 323 g/mol. The molecule has 1 aromatic carbocycles. The van der Waals surface area contributed by atoms with Crippen LogP contribution in [0, 0.1) is 0 Å². The third-order valence-corrected chi connectivity index (χ3v) is 5.03. The molecular formula is C12H16Cl2N2O2S. The van der Waals surface area contributed by atoms with Gasteiger partial charge < -0.3 is 5.32 Å². The minimum Gasteiger partial charge on any atom is -0.314 e. The second-order valence-electron chi connectivity index (χ2n) is 4.80. The lowest BCUT2D eigenvalue weighted by Gasteiger charge is -2.28. The minimum absolute atomic E-state index is 0.0565. The van der Waals surface area contributed by atoms with Crippen molar-refractivity contribution < 1.29 is 8.42 Å². The summed E-state index contributed by atoms with van der Waals surface area (Å²) in [7, 11) is -3.58. The molecule has 2 unspecified atom stereocenters. The van der Waals surface area contributed by atoms with Crippen LogP contribution in [0.3, 0.4) is 0 Å². The Kier molecular flexibility index (Phi) is 4.74. The van der Waals surface area contributed by atoms with E-state index in [-0.39, 0.29) is 10.9 Å². The van der Waals surface area contributed by atoms with E-state index in [0.717, 1.165) is 19.4 Å². The van der Waals surface area contributed by atoms with Crippen LogP contribution in [-0.2, 0) is 10.0 Å². The van der Waals surface area contributed by atoms with Gasteiger partial charge in [0.2, 0.25) is 10.0 Å². The molecule has 0 aliphatic carbocycles. The number of piperidine rings is 1. The molecule has 106 valence electrons. The summed E-state index contributed by atoms with van der Waals surface area (Å²) >= 11 is 11.7. The van der Waals surface area contributed by atoms with Crippen LogP contribution in [0.5, 0.6) is 0 Å². The molecule has 2 rings (SSSR count). The first-order chi connectivity index (χ1) is 8.87. The van der Waals surface area contributed by atoms with Crippen LogP contribution < -0.4 is 10.0 Å². The lowest BCUT2D eigenvalue weighted by Crippen LogP contribution is -2.46. The van der Waals surface area contributed by atoms with Crippen LogP contribution in [0.25, 0.3) is 0 Å². The normalized spacial score (nSPS) is 24.4. The van der Waals surface area contributed by atoms with Gasteiger partial charge in [0.25, 0.3) is 0 Å². The van der Waals surface area contributed by atoms with Crippen molar-refractivity contribution in [2.24, 2.45) is 0 Å². The second-order valence-corrected chi connectivity index (χ2v) is 7.39. The molecule has 19 heavy (non-hydrogen) atoms. The van der Waals surface area contributed by atoms with Crippen molar-refractivity contribution in [1.82, 2.24) is 10.0 Å². The molecule has 0 radical (unpaired) electrons. The molecule has 1 saturated heterocycles. The van der Waals surface area contributed by atoms with Crippen molar-refractivity contribution in [3.8, 4) is 0 Å². The highest BCUT2D eigenvalue weighted by Gasteiger charge is 2.24. The Morgan fingerprint density at radius 3 is 2.47 bits per heavy atom. The molecular weight excluding hydrogens is 307 g/mol. The topological polar surface area (TPSA) is 58.2 Å². The molecule has 0 aromatic heterocycles. The van der Waals surface area contributed by atoms with E-state index in [1.165, 1.54) is 18.2 Å². The molecule has 1 aromatic rings. The molecule has 0 bridgehead atoms. The summed E-state index contributed by atoms with van der Waals surface area (Å²) in [4.78, 5) is 0.108. The Morgan fingerprint density at radius 2 is 1.89 bits per heavy atom. The highest BCUT2D eigenvalue weighted by atomic mass is 35.5. The van der Waals surface area contributed by atoms with Crippen LogP contribution in [-0.4, -0.2) is 27.0 Å². The SMILES string of the molecule is CC1CC(NS(=O)(=O)c2cc(Cl)cc(Cl)c2)CCN1. The van der Waals surface area contributed by atoms with E-state index < -0.39 is 10.0 Å². The maximum Gasteiger partial charge on any atom is 0.240 e. The smallest absolute Gasteiger partial charge is 0.240 e. The molecule has 0 spiro atoms. The molecule has 0 amide bonds. The maximum atomic E-state index is 12.3. The molecule has 1 aliphatic heterocycles. The first-order valence-corrected chi connectivity index (χ1v) is 8.32. The predicted molar refractivity (Wildman–Crippen MR) is 77.3 cm³/mol. The van der Waals surface area contributed by atoms with E-state index >= 15 is 0 Å². The van der Waals surface area contributed by atoms with E-state index in [1.54, 1.807) is 0 Å². The minimum atomic E-state index is -3.58. The fraction of sp³-hybridized carbons (Fsp3) is 0.500. The third-order valence-electron chi connectivity index (χ3n) is 3.09. The summed E-state index contributed by atoms with van der Waals surface area (Å²) in [5, 5.41) is 3.90. The first kappa shape index (κ1) is 15.1. The van der Waals surface area contributed by atoms with E-state index in [2.05, 4.69) is 10.0 Å². The standard InChI is InChI=1S/C12H16Cl2N2O2S/c1-8-4-11(2-3-15-8)16-19(17,18)12-6-9(13)5-10(14)7-12/h5-8,11,15-16H,2-4H2,1H3. The Hall–Kier alpha value is -0.330. The van der Waals surface area contributed by atoms with Gasteiger partial charge in [0, 0.05) is 22.1 Å². The fourth-order valence-electron chi connectivity index (χ4n) is 2.21. The van der Waals surface area contributed by atoms with E-state index in [0.29, 0.717) is 16.1 Å². The number of nitrogens with one attached hydrogen (secondary N) is 2. The largest absolute Gasteiger partial charge is 0.314 e. The van der Waals surface area contributed by atoms with Crippen molar-refractivity contribution in [1.29, 1.82) is 0 Å². The highest BCUT2D eigenvalue weighted by molar-refractivity contribution is 7.89. The third kappa shape index (κ3) is 4.07. The molecule has 4 nitrogen and oxygen atoms in total. The summed E-state index contributed by atoms with van der Waals surface area (Å²) in [6.07, 6.45) is 1.55. The zero-order valence-electron chi connectivity index (χ0n) is 10.5. The lowest BCUT2D eigenvalue weighted by molar-refractivity contribution is 0.361. The van der Waals surface area contributed by atoms with Crippen molar-refractivity contribution >= 4 is 33.2 Å². The van der Waals surface area contributed by atoms with Gasteiger partial charge in [0.1, 0.15) is 0 Å².